The number of nitrogens with zero attached hydrogens (tertiary/aromatic N) is 1. The van der Waals surface area contributed by atoms with Crippen LogP contribution in [0.15, 0.2) is 30.3 Å². The van der Waals surface area contributed by atoms with Gasteiger partial charge in [-0.05, 0) is 57.3 Å². The van der Waals surface area contributed by atoms with Gasteiger partial charge in [0.2, 0.25) is 5.91 Å². The molecular weight excluding hydrogens is 276 g/mol. The quantitative estimate of drug-likeness (QED) is 0.750. The van der Waals surface area contributed by atoms with Crippen molar-refractivity contribution in [2.24, 2.45) is 5.92 Å². The molecular formula is C18H28N2O2. The molecule has 1 unspecified atom stereocenters. The van der Waals surface area contributed by atoms with Crippen LogP contribution < -0.4 is 5.32 Å². The van der Waals surface area contributed by atoms with Crippen LogP contribution in [0.4, 0.5) is 5.69 Å². The molecule has 1 aromatic carbocycles. The van der Waals surface area contributed by atoms with Crippen molar-refractivity contribution in [3.63, 3.8) is 0 Å². The molecule has 1 heterocycles. The van der Waals surface area contributed by atoms with Gasteiger partial charge in [0.1, 0.15) is 0 Å². The van der Waals surface area contributed by atoms with E-state index in [-0.39, 0.29) is 11.8 Å². The minimum absolute atomic E-state index is 0.118. The van der Waals surface area contributed by atoms with E-state index in [1.54, 1.807) is 7.11 Å². The van der Waals surface area contributed by atoms with Crippen molar-refractivity contribution in [1.29, 1.82) is 0 Å². The molecule has 22 heavy (non-hydrogen) atoms. The van der Waals surface area contributed by atoms with Crippen molar-refractivity contribution in [3.8, 4) is 0 Å². The zero-order valence-corrected chi connectivity index (χ0v) is 13.6. The van der Waals surface area contributed by atoms with Crippen LogP contribution in [0, 0.1) is 5.92 Å². The highest BCUT2D eigenvalue weighted by atomic mass is 16.5. The summed E-state index contributed by atoms with van der Waals surface area (Å²) in [4.78, 5) is 14.8. The van der Waals surface area contributed by atoms with Gasteiger partial charge in [0.25, 0.3) is 0 Å². The average Bonchev–Trinajstić information content (AvgIpc) is 2.56. The molecule has 0 saturated carbocycles. The Hall–Kier alpha value is -1.39. The lowest BCUT2D eigenvalue weighted by molar-refractivity contribution is -0.121. The summed E-state index contributed by atoms with van der Waals surface area (Å²) in [6, 6.07) is 9.73. The number of carbonyl (C=O) groups excluding carboxylic acids is 1. The summed E-state index contributed by atoms with van der Waals surface area (Å²) in [5.41, 5.74) is 0.893. The first-order valence-corrected chi connectivity index (χ1v) is 8.37. The lowest BCUT2D eigenvalue weighted by Crippen LogP contribution is -2.41. The van der Waals surface area contributed by atoms with Gasteiger partial charge in [-0.25, -0.2) is 0 Å². The van der Waals surface area contributed by atoms with Gasteiger partial charge in [0, 0.05) is 25.9 Å². The van der Waals surface area contributed by atoms with Crippen molar-refractivity contribution >= 4 is 11.6 Å². The molecule has 4 heteroatoms. The molecule has 1 N–H and O–H groups in total. The van der Waals surface area contributed by atoms with Crippen LogP contribution in [-0.2, 0) is 9.53 Å². The molecule has 1 fully saturated rings. The molecule has 1 amide bonds. The second-order valence-electron chi connectivity index (χ2n) is 6.05. The van der Waals surface area contributed by atoms with Crippen LogP contribution in [0.3, 0.4) is 0 Å². The van der Waals surface area contributed by atoms with E-state index in [1.165, 1.54) is 12.8 Å². The fourth-order valence-electron chi connectivity index (χ4n) is 3.00. The third-order valence-corrected chi connectivity index (χ3v) is 4.24. The summed E-state index contributed by atoms with van der Waals surface area (Å²) >= 11 is 0. The van der Waals surface area contributed by atoms with Crippen LogP contribution in [0.25, 0.3) is 0 Å². The zero-order valence-electron chi connectivity index (χ0n) is 13.6. The highest BCUT2D eigenvalue weighted by molar-refractivity contribution is 5.92. The van der Waals surface area contributed by atoms with Crippen LogP contribution >= 0.6 is 0 Å². The SMILES string of the molecule is COCCCCCN1CCCC(C(=O)Nc2ccccc2)C1. The number of ether oxygens (including phenoxy) is 1. The Morgan fingerprint density at radius 2 is 2.09 bits per heavy atom. The predicted molar refractivity (Wildman–Crippen MR) is 90.0 cm³/mol. The van der Waals surface area contributed by atoms with Gasteiger partial charge >= 0.3 is 0 Å². The number of anilines is 1. The molecule has 0 aromatic heterocycles. The minimum atomic E-state index is 0.118. The summed E-state index contributed by atoms with van der Waals surface area (Å²) < 4.78 is 5.07. The first kappa shape index (κ1) is 17.0. The lowest BCUT2D eigenvalue weighted by Gasteiger charge is -2.32. The number of hydrogen-bond donors (Lipinski definition) is 1. The number of piperidine rings is 1. The Kier molecular flexibility index (Phi) is 7.40. The monoisotopic (exact) mass is 304 g/mol. The first-order valence-electron chi connectivity index (χ1n) is 8.37. The molecule has 1 atom stereocenters. The summed E-state index contributed by atoms with van der Waals surface area (Å²) in [6.45, 7) is 3.96. The number of methoxy groups -OCH3 is 1. The number of unbranched alkanes of at least 4 members (excludes halogenated alkanes) is 2. The van der Waals surface area contributed by atoms with E-state index in [0.29, 0.717) is 0 Å². The molecule has 1 aliphatic rings. The average molecular weight is 304 g/mol. The standard InChI is InChI=1S/C18H28N2O2/c1-22-14-7-3-6-12-20-13-8-9-16(15-20)18(21)19-17-10-4-2-5-11-17/h2,4-5,10-11,16H,3,6-9,12-15H2,1H3,(H,19,21). The Balaban J connectivity index is 1.71. The molecule has 1 saturated heterocycles. The maximum Gasteiger partial charge on any atom is 0.228 e. The normalized spacial score (nSPS) is 19.0. The van der Waals surface area contributed by atoms with Gasteiger partial charge in [-0.15, -0.1) is 0 Å². The number of nitrogens with one attached hydrogen (secondary N) is 1. The largest absolute Gasteiger partial charge is 0.385 e. The topological polar surface area (TPSA) is 41.6 Å². The minimum Gasteiger partial charge on any atom is -0.385 e. The lowest BCUT2D eigenvalue weighted by atomic mass is 9.96. The van der Waals surface area contributed by atoms with Crippen LogP contribution in [0.2, 0.25) is 0 Å². The summed E-state index contributed by atoms with van der Waals surface area (Å²) in [6.07, 6.45) is 5.63. The molecule has 122 valence electrons. The third-order valence-electron chi connectivity index (χ3n) is 4.24. The van der Waals surface area contributed by atoms with E-state index in [9.17, 15) is 4.79 Å². The summed E-state index contributed by atoms with van der Waals surface area (Å²) in [5.74, 6) is 0.281. The Labute approximate surface area is 133 Å². The summed E-state index contributed by atoms with van der Waals surface area (Å²) in [5, 5.41) is 3.03. The third kappa shape index (κ3) is 5.78. The van der Waals surface area contributed by atoms with Crippen LogP contribution in [-0.4, -0.2) is 44.2 Å². The highest BCUT2D eigenvalue weighted by Crippen LogP contribution is 2.19. The molecule has 0 spiro atoms. The number of carbonyl (C=O) groups is 1. The van der Waals surface area contributed by atoms with Crippen molar-refractivity contribution in [3.05, 3.63) is 30.3 Å². The van der Waals surface area contributed by atoms with E-state index < -0.39 is 0 Å². The van der Waals surface area contributed by atoms with Gasteiger partial charge in [0.15, 0.2) is 0 Å². The van der Waals surface area contributed by atoms with Gasteiger partial charge in [-0.3, -0.25) is 4.79 Å². The van der Waals surface area contributed by atoms with E-state index in [4.69, 9.17) is 4.74 Å². The summed E-state index contributed by atoms with van der Waals surface area (Å²) in [7, 11) is 1.75. The number of para-hydroxylation sites is 1. The first-order chi connectivity index (χ1) is 10.8. The highest BCUT2D eigenvalue weighted by Gasteiger charge is 2.25. The van der Waals surface area contributed by atoms with Gasteiger partial charge in [-0.1, -0.05) is 18.2 Å². The van der Waals surface area contributed by atoms with Crippen molar-refractivity contribution in [2.45, 2.75) is 32.1 Å². The van der Waals surface area contributed by atoms with Gasteiger partial charge < -0.3 is 15.0 Å². The molecule has 1 aliphatic heterocycles. The maximum atomic E-state index is 12.4. The van der Waals surface area contributed by atoms with Crippen LogP contribution in [0.5, 0.6) is 0 Å². The molecule has 0 aliphatic carbocycles. The molecule has 4 nitrogen and oxygen atoms in total. The van der Waals surface area contributed by atoms with E-state index in [2.05, 4.69) is 10.2 Å². The van der Waals surface area contributed by atoms with E-state index >= 15 is 0 Å². The number of benzene rings is 1. The number of amides is 1. The molecule has 0 bridgehead atoms. The molecule has 0 radical (unpaired) electrons. The predicted octanol–water partition coefficient (Wildman–Crippen LogP) is 3.15. The number of hydrogen-bond acceptors (Lipinski definition) is 3. The van der Waals surface area contributed by atoms with Crippen molar-refractivity contribution in [1.82, 2.24) is 4.90 Å². The molecule has 2 rings (SSSR count). The second kappa shape index (κ2) is 9.59. The Morgan fingerprint density at radius 1 is 1.27 bits per heavy atom. The molecule has 1 aromatic rings. The Bertz CT molecular complexity index is 436. The van der Waals surface area contributed by atoms with E-state index in [0.717, 1.165) is 51.2 Å². The van der Waals surface area contributed by atoms with E-state index in [1.807, 2.05) is 30.3 Å². The maximum absolute atomic E-state index is 12.4. The Morgan fingerprint density at radius 3 is 2.86 bits per heavy atom. The zero-order chi connectivity index (χ0) is 15.6. The van der Waals surface area contributed by atoms with Gasteiger partial charge in [0.05, 0.1) is 5.92 Å². The van der Waals surface area contributed by atoms with Gasteiger partial charge in [-0.2, -0.15) is 0 Å². The van der Waals surface area contributed by atoms with Crippen molar-refractivity contribution in [2.75, 3.05) is 38.7 Å². The fraction of sp³-hybridized carbons (Fsp3) is 0.611. The smallest absolute Gasteiger partial charge is 0.228 e. The second-order valence-corrected chi connectivity index (χ2v) is 6.05. The number of likely N-dealkylation sites (tertiary alicyclic amines) is 1. The fourth-order valence-corrected chi connectivity index (χ4v) is 3.00. The van der Waals surface area contributed by atoms with Crippen molar-refractivity contribution < 1.29 is 9.53 Å². The number of rotatable bonds is 8. The van der Waals surface area contributed by atoms with Crippen LogP contribution in [0.1, 0.15) is 32.1 Å².